The highest BCUT2D eigenvalue weighted by Crippen LogP contribution is 2.16. The predicted octanol–water partition coefficient (Wildman–Crippen LogP) is 1.90. The van der Waals surface area contributed by atoms with Crippen molar-refractivity contribution < 1.29 is 23.5 Å². The molecule has 0 atom stereocenters. The SMILES string of the molecule is CCOC(=O)c1ccccc1NC(=O)CN1CCN(CC(=O)c2ccco2)CC1. The minimum Gasteiger partial charge on any atom is -0.462 e. The number of carbonyl (C=O) groups excluding carboxylic acids is 3. The predicted molar refractivity (Wildman–Crippen MR) is 107 cm³/mol. The van der Waals surface area contributed by atoms with Crippen LogP contribution in [0.25, 0.3) is 0 Å². The fourth-order valence-corrected chi connectivity index (χ4v) is 3.20. The molecule has 2 aromatic rings. The molecule has 0 aliphatic carbocycles. The molecule has 29 heavy (non-hydrogen) atoms. The van der Waals surface area contributed by atoms with Crippen LogP contribution in [-0.4, -0.2) is 73.3 Å². The van der Waals surface area contributed by atoms with Gasteiger partial charge in [0.2, 0.25) is 11.7 Å². The topological polar surface area (TPSA) is 92.1 Å². The number of anilines is 1. The lowest BCUT2D eigenvalue weighted by atomic mass is 10.1. The molecule has 1 aromatic heterocycles. The van der Waals surface area contributed by atoms with E-state index in [1.807, 2.05) is 4.90 Å². The first kappa shape index (κ1) is 20.8. The Balaban J connectivity index is 1.47. The Morgan fingerprint density at radius 3 is 2.34 bits per heavy atom. The number of esters is 1. The third-order valence-electron chi connectivity index (χ3n) is 4.69. The summed E-state index contributed by atoms with van der Waals surface area (Å²) < 4.78 is 10.2. The summed E-state index contributed by atoms with van der Waals surface area (Å²) in [7, 11) is 0. The number of benzene rings is 1. The fraction of sp³-hybridized carbons (Fsp3) is 0.381. The van der Waals surface area contributed by atoms with Crippen molar-refractivity contribution in [1.29, 1.82) is 0 Å². The van der Waals surface area contributed by atoms with Gasteiger partial charge in [-0.2, -0.15) is 0 Å². The second-order valence-electron chi connectivity index (χ2n) is 6.77. The third-order valence-corrected chi connectivity index (χ3v) is 4.69. The van der Waals surface area contributed by atoms with Gasteiger partial charge in [-0.1, -0.05) is 12.1 Å². The van der Waals surface area contributed by atoms with Crippen molar-refractivity contribution in [2.45, 2.75) is 6.92 Å². The van der Waals surface area contributed by atoms with Crippen LogP contribution >= 0.6 is 0 Å². The van der Waals surface area contributed by atoms with Crippen molar-refractivity contribution in [2.24, 2.45) is 0 Å². The molecule has 1 saturated heterocycles. The van der Waals surface area contributed by atoms with Gasteiger partial charge in [0.1, 0.15) is 0 Å². The van der Waals surface area contributed by atoms with Crippen molar-refractivity contribution in [3.05, 3.63) is 54.0 Å². The van der Waals surface area contributed by atoms with Crippen molar-refractivity contribution in [1.82, 2.24) is 9.80 Å². The zero-order chi connectivity index (χ0) is 20.6. The molecule has 154 valence electrons. The number of para-hydroxylation sites is 1. The Morgan fingerprint density at radius 1 is 1.00 bits per heavy atom. The number of Topliss-reactive ketones (excluding diaryl/α,β-unsaturated/α-hetero) is 1. The molecule has 2 heterocycles. The van der Waals surface area contributed by atoms with Gasteiger partial charge < -0.3 is 14.5 Å². The van der Waals surface area contributed by atoms with E-state index in [-0.39, 0.29) is 24.8 Å². The van der Waals surface area contributed by atoms with Gasteiger partial charge in [0.15, 0.2) is 5.76 Å². The number of nitrogens with zero attached hydrogens (tertiary/aromatic N) is 2. The quantitative estimate of drug-likeness (QED) is 0.535. The van der Waals surface area contributed by atoms with E-state index in [9.17, 15) is 14.4 Å². The van der Waals surface area contributed by atoms with Crippen LogP contribution in [-0.2, 0) is 9.53 Å². The van der Waals surface area contributed by atoms with Gasteiger partial charge in [0.25, 0.3) is 0 Å². The van der Waals surface area contributed by atoms with Crippen molar-refractivity contribution in [3.8, 4) is 0 Å². The molecule has 8 nitrogen and oxygen atoms in total. The van der Waals surface area contributed by atoms with E-state index in [1.165, 1.54) is 6.26 Å². The molecule has 1 aliphatic rings. The van der Waals surface area contributed by atoms with Crippen LogP contribution in [0.2, 0.25) is 0 Å². The number of carbonyl (C=O) groups is 3. The number of nitrogens with one attached hydrogen (secondary N) is 1. The summed E-state index contributed by atoms with van der Waals surface area (Å²) in [6, 6.07) is 10.2. The average molecular weight is 399 g/mol. The maximum Gasteiger partial charge on any atom is 0.340 e. The highest BCUT2D eigenvalue weighted by molar-refractivity contribution is 6.01. The maximum absolute atomic E-state index is 12.4. The Labute approximate surface area is 169 Å². The van der Waals surface area contributed by atoms with Gasteiger partial charge in [0, 0.05) is 26.2 Å². The number of piperazine rings is 1. The number of amides is 1. The molecular formula is C21H25N3O5. The molecule has 8 heteroatoms. The molecular weight excluding hydrogens is 374 g/mol. The van der Waals surface area contributed by atoms with Crippen molar-refractivity contribution >= 4 is 23.3 Å². The standard InChI is InChI=1S/C21H25N3O5/c1-2-28-21(27)16-6-3-4-7-17(16)22-20(26)15-24-11-9-23(10-12-24)14-18(25)19-8-5-13-29-19/h3-8,13H,2,9-12,14-15H2,1H3,(H,22,26). The van der Waals surface area contributed by atoms with Crippen molar-refractivity contribution in [2.75, 3.05) is 51.2 Å². The molecule has 0 unspecified atom stereocenters. The zero-order valence-electron chi connectivity index (χ0n) is 16.4. The highest BCUT2D eigenvalue weighted by Gasteiger charge is 2.22. The van der Waals surface area contributed by atoms with Gasteiger partial charge in [-0.3, -0.25) is 19.4 Å². The summed E-state index contributed by atoms with van der Waals surface area (Å²) >= 11 is 0. The lowest BCUT2D eigenvalue weighted by Gasteiger charge is -2.33. The van der Waals surface area contributed by atoms with Gasteiger partial charge in [-0.05, 0) is 31.2 Å². The molecule has 0 radical (unpaired) electrons. The van der Waals surface area contributed by atoms with Crippen LogP contribution in [0.1, 0.15) is 27.8 Å². The second-order valence-corrected chi connectivity index (χ2v) is 6.77. The highest BCUT2D eigenvalue weighted by atomic mass is 16.5. The molecule has 1 N–H and O–H groups in total. The first-order valence-corrected chi connectivity index (χ1v) is 9.64. The third kappa shape index (κ3) is 5.75. The lowest BCUT2D eigenvalue weighted by Crippen LogP contribution is -2.49. The van der Waals surface area contributed by atoms with Gasteiger partial charge >= 0.3 is 5.97 Å². The van der Waals surface area contributed by atoms with Gasteiger partial charge in [0.05, 0.1) is 37.2 Å². The van der Waals surface area contributed by atoms with Crippen LogP contribution in [0.5, 0.6) is 0 Å². The first-order chi connectivity index (χ1) is 14.1. The molecule has 3 rings (SSSR count). The van der Waals surface area contributed by atoms with Crippen LogP contribution < -0.4 is 5.32 Å². The molecule has 0 bridgehead atoms. The minimum atomic E-state index is -0.460. The molecule has 1 fully saturated rings. The number of hydrogen-bond donors (Lipinski definition) is 1. The summed E-state index contributed by atoms with van der Waals surface area (Å²) in [5, 5.41) is 2.80. The molecule has 1 aromatic carbocycles. The minimum absolute atomic E-state index is 0.0447. The lowest BCUT2D eigenvalue weighted by molar-refractivity contribution is -0.117. The molecule has 1 aliphatic heterocycles. The smallest absolute Gasteiger partial charge is 0.340 e. The summed E-state index contributed by atoms with van der Waals surface area (Å²) in [5.41, 5.74) is 0.780. The van der Waals surface area contributed by atoms with E-state index in [4.69, 9.17) is 9.15 Å². The Morgan fingerprint density at radius 2 is 1.69 bits per heavy atom. The number of ketones is 1. The largest absolute Gasteiger partial charge is 0.462 e. The van der Waals surface area contributed by atoms with E-state index in [2.05, 4.69) is 10.2 Å². The number of ether oxygens (including phenoxy) is 1. The summed E-state index contributed by atoms with van der Waals surface area (Å²) in [4.78, 5) is 40.7. The van der Waals surface area contributed by atoms with E-state index in [0.717, 1.165) is 0 Å². The number of hydrogen-bond acceptors (Lipinski definition) is 7. The molecule has 1 amide bonds. The Hall–Kier alpha value is -2.97. The number of furan rings is 1. The average Bonchev–Trinajstić information content (AvgIpc) is 3.25. The first-order valence-electron chi connectivity index (χ1n) is 9.64. The summed E-state index contributed by atoms with van der Waals surface area (Å²) in [6.07, 6.45) is 1.49. The normalized spacial score (nSPS) is 15.1. The van der Waals surface area contributed by atoms with Gasteiger partial charge in [-0.25, -0.2) is 4.79 Å². The summed E-state index contributed by atoms with van der Waals surface area (Å²) in [5.74, 6) is -0.330. The Kier molecular flexibility index (Phi) is 7.15. The van der Waals surface area contributed by atoms with Gasteiger partial charge in [-0.15, -0.1) is 0 Å². The van der Waals surface area contributed by atoms with Crippen LogP contribution in [0.3, 0.4) is 0 Å². The van der Waals surface area contributed by atoms with Crippen LogP contribution in [0.4, 0.5) is 5.69 Å². The zero-order valence-corrected chi connectivity index (χ0v) is 16.4. The maximum atomic E-state index is 12.4. The van der Waals surface area contributed by atoms with E-state index < -0.39 is 5.97 Å². The molecule has 0 saturated carbocycles. The summed E-state index contributed by atoms with van der Waals surface area (Å²) in [6.45, 7) is 5.28. The Bertz CT molecular complexity index is 842. The molecule has 0 spiro atoms. The second kappa shape index (κ2) is 9.99. The number of rotatable bonds is 8. The van der Waals surface area contributed by atoms with Crippen LogP contribution in [0, 0.1) is 0 Å². The van der Waals surface area contributed by atoms with E-state index >= 15 is 0 Å². The monoisotopic (exact) mass is 399 g/mol. The van der Waals surface area contributed by atoms with E-state index in [0.29, 0.717) is 49.7 Å². The van der Waals surface area contributed by atoms with Crippen molar-refractivity contribution in [3.63, 3.8) is 0 Å². The van der Waals surface area contributed by atoms with Crippen LogP contribution in [0.15, 0.2) is 47.1 Å². The fourth-order valence-electron chi connectivity index (χ4n) is 3.20. The van der Waals surface area contributed by atoms with E-state index in [1.54, 1.807) is 43.3 Å².